The van der Waals surface area contributed by atoms with Gasteiger partial charge in [0.1, 0.15) is 11.9 Å². The maximum atomic E-state index is 5.95. The lowest BCUT2D eigenvalue weighted by molar-refractivity contribution is -0.00805. The molecule has 1 aromatic heterocycles. The van der Waals surface area contributed by atoms with Gasteiger partial charge in [-0.1, -0.05) is 24.3 Å². The minimum absolute atomic E-state index is 0. The van der Waals surface area contributed by atoms with E-state index < -0.39 is 0 Å². The highest BCUT2D eigenvalue weighted by Gasteiger charge is 2.25. The maximum absolute atomic E-state index is 5.95. The monoisotopic (exact) mass is 563 g/mol. The topological polar surface area (TPSA) is 73.1 Å². The summed E-state index contributed by atoms with van der Waals surface area (Å²) in [6.45, 7) is 2.84. The minimum Gasteiger partial charge on any atom is -0.493 e. The summed E-state index contributed by atoms with van der Waals surface area (Å²) in [5, 5.41) is 7.71. The zero-order chi connectivity index (χ0) is 22.3. The number of nitrogens with zero attached hydrogens (tertiary/aromatic N) is 4. The largest absolute Gasteiger partial charge is 0.493 e. The van der Waals surface area contributed by atoms with Crippen LogP contribution in [-0.2, 0) is 18.3 Å². The number of hydrogen-bond donors (Lipinski definition) is 1. The lowest BCUT2D eigenvalue weighted by Crippen LogP contribution is -2.47. The number of aliphatic imine (C=N–C) groups is 1. The van der Waals surface area contributed by atoms with Gasteiger partial charge in [0, 0.05) is 38.9 Å². The molecule has 1 saturated heterocycles. The summed E-state index contributed by atoms with van der Waals surface area (Å²) in [7, 11) is 5.36. The van der Waals surface area contributed by atoms with Crippen molar-refractivity contribution in [2.45, 2.75) is 12.6 Å². The van der Waals surface area contributed by atoms with Gasteiger partial charge in [0.2, 0.25) is 0 Å². The second kappa shape index (κ2) is 11.9. The van der Waals surface area contributed by atoms with Crippen LogP contribution in [-0.4, -0.2) is 54.5 Å². The van der Waals surface area contributed by atoms with Crippen molar-refractivity contribution in [1.29, 1.82) is 0 Å². The maximum Gasteiger partial charge on any atom is 0.194 e. The molecule has 33 heavy (non-hydrogen) atoms. The molecule has 0 spiro atoms. The van der Waals surface area contributed by atoms with Crippen LogP contribution in [0.25, 0.3) is 0 Å². The van der Waals surface area contributed by atoms with E-state index in [9.17, 15) is 0 Å². The number of benzene rings is 2. The van der Waals surface area contributed by atoms with Gasteiger partial charge in [0.05, 0.1) is 26.5 Å². The van der Waals surface area contributed by atoms with Crippen LogP contribution in [0.5, 0.6) is 17.2 Å². The van der Waals surface area contributed by atoms with Gasteiger partial charge < -0.3 is 24.4 Å². The smallest absolute Gasteiger partial charge is 0.194 e. The number of aryl methyl sites for hydroxylation is 1. The molecule has 1 aliphatic rings. The van der Waals surface area contributed by atoms with E-state index in [0.717, 1.165) is 35.9 Å². The third-order valence-electron chi connectivity index (χ3n) is 5.35. The van der Waals surface area contributed by atoms with E-state index in [2.05, 4.69) is 20.3 Å². The van der Waals surface area contributed by atoms with E-state index in [-0.39, 0.29) is 30.1 Å². The number of morpholine rings is 1. The first-order valence-corrected chi connectivity index (χ1v) is 10.6. The summed E-state index contributed by atoms with van der Waals surface area (Å²) in [6.07, 6.45) is 3.85. The standard InChI is InChI=1S/C24H29N5O3.HI/c1-25-24(29-12-13-31-23(17-29)19-15-27-28(2)16-19)26-14-18-8-10-20(11-9-18)32-22-7-5-4-6-21(22)30-3;/h4-11,15-16,23H,12-14,17H2,1-3H3,(H,25,26);1H. The summed E-state index contributed by atoms with van der Waals surface area (Å²) in [4.78, 5) is 6.69. The first kappa shape index (κ1) is 24.8. The van der Waals surface area contributed by atoms with E-state index >= 15 is 0 Å². The highest BCUT2D eigenvalue weighted by Crippen LogP contribution is 2.31. The molecule has 176 valence electrons. The molecule has 0 amide bonds. The quantitative estimate of drug-likeness (QED) is 0.278. The van der Waals surface area contributed by atoms with Crippen LogP contribution >= 0.6 is 24.0 Å². The molecule has 1 aliphatic heterocycles. The Morgan fingerprint density at radius 2 is 1.94 bits per heavy atom. The van der Waals surface area contributed by atoms with Crippen molar-refractivity contribution in [3.8, 4) is 17.2 Å². The van der Waals surface area contributed by atoms with Crippen molar-refractivity contribution in [1.82, 2.24) is 20.0 Å². The molecule has 1 fully saturated rings. The fraction of sp³-hybridized carbons (Fsp3) is 0.333. The normalized spacial score (nSPS) is 16.2. The van der Waals surface area contributed by atoms with Gasteiger partial charge in [-0.25, -0.2) is 0 Å². The predicted octanol–water partition coefficient (Wildman–Crippen LogP) is 3.99. The van der Waals surface area contributed by atoms with Gasteiger partial charge in [0.25, 0.3) is 0 Å². The molecule has 9 heteroatoms. The Hall–Kier alpha value is -2.79. The zero-order valence-corrected chi connectivity index (χ0v) is 21.4. The Kier molecular flexibility index (Phi) is 8.95. The van der Waals surface area contributed by atoms with Crippen molar-refractivity contribution in [2.24, 2.45) is 12.0 Å². The third kappa shape index (κ3) is 6.38. The van der Waals surface area contributed by atoms with E-state index in [4.69, 9.17) is 14.2 Å². The second-order valence-electron chi connectivity index (χ2n) is 7.55. The Morgan fingerprint density at radius 1 is 1.18 bits per heavy atom. The molecule has 2 heterocycles. The lowest BCUT2D eigenvalue weighted by Gasteiger charge is -2.34. The molecule has 0 bridgehead atoms. The number of hydrogen-bond acceptors (Lipinski definition) is 5. The van der Waals surface area contributed by atoms with Crippen LogP contribution in [0.1, 0.15) is 17.2 Å². The number of methoxy groups -OCH3 is 1. The van der Waals surface area contributed by atoms with Gasteiger partial charge in [-0.05, 0) is 29.8 Å². The van der Waals surface area contributed by atoms with Gasteiger partial charge in [0.15, 0.2) is 17.5 Å². The van der Waals surface area contributed by atoms with E-state index in [0.29, 0.717) is 24.7 Å². The number of nitrogens with one attached hydrogen (secondary N) is 1. The zero-order valence-electron chi connectivity index (χ0n) is 19.1. The van der Waals surface area contributed by atoms with Crippen LogP contribution in [0.15, 0.2) is 65.9 Å². The highest BCUT2D eigenvalue weighted by molar-refractivity contribution is 14.0. The van der Waals surface area contributed by atoms with E-state index in [1.54, 1.807) is 18.8 Å². The van der Waals surface area contributed by atoms with Crippen molar-refractivity contribution < 1.29 is 14.2 Å². The summed E-state index contributed by atoms with van der Waals surface area (Å²) in [5.41, 5.74) is 2.22. The third-order valence-corrected chi connectivity index (χ3v) is 5.35. The summed E-state index contributed by atoms with van der Waals surface area (Å²) < 4.78 is 19.0. The molecule has 0 aliphatic carbocycles. The van der Waals surface area contributed by atoms with Crippen LogP contribution in [0, 0.1) is 0 Å². The minimum atomic E-state index is -0.0117. The predicted molar refractivity (Wildman–Crippen MR) is 139 cm³/mol. The summed E-state index contributed by atoms with van der Waals surface area (Å²) >= 11 is 0. The molecule has 0 saturated carbocycles. The van der Waals surface area contributed by atoms with Crippen molar-refractivity contribution in [2.75, 3.05) is 33.9 Å². The van der Waals surface area contributed by atoms with Crippen molar-refractivity contribution in [3.63, 3.8) is 0 Å². The molecule has 8 nitrogen and oxygen atoms in total. The molecule has 1 unspecified atom stereocenters. The fourth-order valence-corrected chi connectivity index (χ4v) is 3.67. The Balaban J connectivity index is 0.00000306. The highest BCUT2D eigenvalue weighted by atomic mass is 127. The van der Waals surface area contributed by atoms with E-state index in [1.165, 1.54) is 0 Å². The first-order valence-electron chi connectivity index (χ1n) is 10.6. The lowest BCUT2D eigenvalue weighted by atomic mass is 10.1. The summed E-state index contributed by atoms with van der Waals surface area (Å²) in [6, 6.07) is 15.6. The van der Waals surface area contributed by atoms with Gasteiger partial charge in [-0.15, -0.1) is 24.0 Å². The van der Waals surface area contributed by atoms with Crippen LogP contribution in [0.4, 0.5) is 0 Å². The van der Waals surface area contributed by atoms with Gasteiger partial charge in [-0.2, -0.15) is 5.10 Å². The summed E-state index contributed by atoms with van der Waals surface area (Å²) in [5.74, 6) is 3.01. The number of ether oxygens (including phenoxy) is 3. The molecule has 4 rings (SSSR count). The van der Waals surface area contributed by atoms with Crippen molar-refractivity contribution >= 4 is 29.9 Å². The molecular formula is C24H30IN5O3. The molecular weight excluding hydrogens is 533 g/mol. The van der Waals surface area contributed by atoms with Gasteiger partial charge >= 0.3 is 0 Å². The number of aromatic nitrogens is 2. The van der Waals surface area contributed by atoms with Crippen LogP contribution < -0.4 is 14.8 Å². The average Bonchev–Trinajstić information content (AvgIpc) is 3.27. The Labute approximate surface area is 211 Å². The SMILES string of the molecule is CN=C(NCc1ccc(Oc2ccccc2OC)cc1)N1CCOC(c2cnn(C)c2)C1.I. The van der Waals surface area contributed by atoms with Crippen LogP contribution in [0.3, 0.4) is 0 Å². The molecule has 1 atom stereocenters. The number of guanidine groups is 1. The number of para-hydroxylation sites is 2. The van der Waals surface area contributed by atoms with Gasteiger partial charge in [-0.3, -0.25) is 9.67 Å². The van der Waals surface area contributed by atoms with Crippen molar-refractivity contribution in [3.05, 3.63) is 72.1 Å². The molecule has 2 aromatic carbocycles. The van der Waals surface area contributed by atoms with E-state index in [1.807, 2.05) is 68.0 Å². The van der Waals surface area contributed by atoms with Crippen LogP contribution in [0.2, 0.25) is 0 Å². The Morgan fingerprint density at radius 3 is 2.61 bits per heavy atom. The molecule has 3 aromatic rings. The Bertz CT molecular complexity index is 1050. The number of rotatable bonds is 6. The average molecular weight is 563 g/mol. The first-order chi connectivity index (χ1) is 15.7. The number of halogens is 1. The second-order valence-corrected chi connectivity index (χ2v) is 7.55. The molecule has 0 radical (unpaired) electrons. The fourth-order valence-electron chi connectivity index (χ4n) is 3.67. The molecule has 1 N–H and O–H groups in total.